The Hall–Kier alpha value is -3.34. The highest BCUT2D eigenvalue weighted by Crippen LogP contribution is 2.59. The highest BCUT2D eigenvalue weighted by Gasteiger charge is 2.61. The van der Waals surface area contributed by atoms with Gasteiger partial charge in [-0.2, -0.15) is 4.98 Å². The molecule has 2 atom stereocenters. The lowest BCUT2D eigenvalue weighted by molar-refractivity contribution is 0.0154. The van der Waals surface area contributed by atoms with Crippen molar-refractivity contribution >= 4 is 17.4 Å². The molecule has 2 saturated heterocycles. The zero-order chi connectivity index (χ0) is 26.3. The van der Waals surface area contributed by atoms with Crippen LogP contribution in [0.25, 0.3) is 5.78 Å². The molecule has 1 N–H and O–H groups in total. The number of hydrogen-bond donors (Lipinski definition) is 1. The first-order valence-electron chi connectivity index (χ1n) is 12.4. The summed E-state index contributed by atoms with van der Waals surface area (Å²) in [6.07, 6.45) is 4.09. The molecule has 4 aliphatic rings. The number of anilines is 1. The third-order valence-electron chi connectivity index (χ3n) is 7.96. The molecule has 196 valence electrons. The lowest BCUT2D eigenvalue weighted by atomic mass is 9.62. The van der Waals surface area contributed by atoms with Crippen molar-refractivity contribution in [2.45, 2.75) is 76.5 Å². The van der Waals surface area contributed by atoms with E-state index >= 15 is 0 Å². The van der Waals surface area contributed by atoms with Crippen LogP contribution in [-0.4, -0.2) is 49.6 Å². The van der Waals surface area contributed by atoms with Gasteiger partial charge in [0.1, 0.15) is 11.3 Å². The number of imidazole rings is 1. The SMILES string of the molecule is CC(C)Oc1nc2nc(C34COC(C)(C3)C4)cn2cc1C(=O)Nc1cccn(C2C[C@]2(C)C(F)F)c1=O. The highest BCUT2D eigenvalue weighted by atomic mass is 19.3. The van der Waals surface area contributed by atoms with E-state index in [2.05, 4.69) is 17.2 Å². The molecule has 0 aromatic carbocycles. The molecule has 0 radical (unpaired) electrons. The fourth-order valence-corrected chi connectivity index (χ4v) is 5.83. The van der Waals surface area contributed by atoms with Crippen molar-refractivity contribution in [3.05, 3.63) is 52.3 Å². The molecule has 2 aliphatic carbocycles. The first-order chi connectivity index (χ1) is 17.4. The van der Waals surface area contributed by atoms with Crippen molar-refractivity contribution in [2.75, 3.05) is 11.9 Å². The average Bonchev–Trinajstić information content (AvgIpc) is 3.09. The van der Waals surface area contributed by atoms with Crippen LogP contribution >= 0.6 is 0 Å². The Balaban J connectivity index is 1.32. The van der Waals surface area contributed by atoms with Crippen LogP contribution in [0.15, 0.2) is 35.5 Å². The van der Waals surface area contributed by atoms with Crippen LogP contribution in [0.4, 0.5) is 14.5 Å². The lowest BCUT2D eigenvalue weighted by Crippen LogP contribution is -2.45. The van der Waals surface area contributed by atoms with E-state index in [9.17, 15) is 18.4 Å². The van der Waals surface area contributed by atoms with Gasteiger partial charge in [0.15, 0.2) is 0 Å². The maximum atomic E-state index is 13.4. The third kappa shape index (κ3) is 3.74. The van der Waals surface area contributed by atoms with Gasteiger partial charge >= 0.3 is 0 Å². The molecule has 3 aromatic heterocycles. The van der Waals surface area contributed by atoms with Gasteiger partial charge in [-0.25, -0.2) is 13.8 Å². The molecule has 9 nitrogen and oxygen atoms in total. The monoisotopic (exact) mass is 513 g/mol. The number of pyridine rings is 1. The van der Waals surface area contributed by atoms with Crippen LogP contribution in [0.1, 0.15) is 69.1 Å². The molecule has 1 amide bonds. The summed E-state index contributed by atoms with van der Waals surface area (Å²) in [5, 5.41) is 2.63. The smallest absolute Gasteiger partial charge is 0.274 e. The molecule has 4 fully saturated rings. The second kappa shape index (κ2) is 7.83. The second-order valence-electron chi connectivity index (χ2n) is 11.4. The molecule has 2 saturated carbocycles. The third-order valence-corrected chi connectivity index (χ3v) is 7.96. The first-order valence-corrected chi connectivity index (χ1v) is 12.4. The summed E-state index contributed by atoms with van der Waals surface area (Å²) in [6.45, 7) is 7.79. The molecule has 1 unspecified atom stereocenters. The summed E-state index contributed by atoms with van der Waals surface area (Å²) >= 11 is 0. The van der Waals surface area contributed by atoms with E-state index in [4.69, 9.17) is 14.5 Å². The van der Waals surface area contributed by atoms with E-state index in [1.54, 1.807) is 16.7 Å². The number of carbonyl (C=O) groups excluding carboxylic acids is 1. The van der Waals surface area contributed by atoms with E-state index in [1.165, 1.54) is 23.8 Å². The van der Waals surface area contributed by atoms with Gasteiger partial charge in [0.05, 0.1) is 29.4 Å². The number of nitrogens with zero attached hydrogens (tertiary/aromatic N) is 4. The molecular formula is C26H29F2N5O4. The molecule has 2 bridgehead atoms. The number of aromatic nitrogens is 4. The Morgan fingerprint density at radius 3 is 2.62 bits per heavy atom. The molecule has 7 rings (SSSR count). The largest absolute Gasteiger partial charge is 0.474 e. The van der Waals surface area contributed by atoms with Gasteiger partial charge in [-0.1, -0.05) is 6.92 Å². The minimum Gasteiger partial charge on any atom is -0.474 e. The summed E-state index contributed by atoms with van der Waals surface area (Å²) in [6, 6.07) is 2.40. The molecular weight excluding hydrogens is 484 g/mol. The van der Waals surface area contributed by atoms with E-state index < -0.39 is 29.3 Å². The number of nitrogens with one attached hydrogen (secondary N) is 1. The predicted octanol–water partition coefficient (Wildman–Crippen LogP) is 3.97. The van der Waals surface area contributed by atoms with Crippen molar-refractivity contribution in [2.24, 2.45) is 5.41 Å². The van der Waals surface area contributed by atoms with Crippen LogP contribution in [0.2, 0.25) is 0 Å². The molecule has 3 aromatic rings. The van der Waals surface area contributed by atoms with Crippen molar-refractivity contribution in [3.63, 3.8) is 0 Å². The molecule has 37 heavy (non-hydrogen) atoms. The van der Waals surface area contributed by atoms with Gasteiger partial charge in [-0.15, -0.1) is 0 Å². The van der Waals surface area contributed by atoms with Gasteiger partial charge in [0.25, 0.3) is 11.5 Å². The van der Waals surface area contributed by atoms with E-state index in [0.717, 1.165) is 18.5 Å². The van der Waals surface area contributed by atoms with E-state index in [0.29, 0.717) is 12.4 Å². The van der Waals surface area contributed by atoms with Gasteiger partial charge in [0.2, 0.25) is 18.1 Å². The number of rotatable bonds is 7. The number of fused-ring (bicyclic) bond motifs is 2. The zero-order valence-electron chi connectivity index (χ0n) is 21.1. The Morgan fingerprint density at radius 2 is 2.00 bits per heavy atom. The minimum absolute atomic E-state index is 0.00585. The zero-order valence-corrected chi connectivity index (χ0v) is 21.1. The van der Waals surface area contributed by atoms with Gasteiger partial charge < -0.3 is 19.4 Å². The van der Waals surface area contributed by atoms with Crippen LogP contribution in [0.3, 0.4) is 0 Å². The van der Waals surface area contributed by atoms with Gasteiger partial charge in [0, 0.05) is 30.0 Å². The highest BCUT2D eigenvalue weighted by molar-refractivity contribution is 6.05. The fraction of sp³-hybridized carbons (Fsp3) is 0.538. The molecule has 11 heteroatoms. The Morgan fingerprint density at radius 1 is 1.24 bits per heavy atom. The van der Waals surface area contributed by atoms with E-state index in [-0.39, 0.29) is 40.7 Å². The summed E-state index contributed by atoms with van der Waals surface area (Å²) in [5.74, 6) is -0.0974. The predicted molar refractivity (Wildman–Crippen MR) is 130 cm³/mol. The first kappa shape index (κ1) is 24.0. The Kier molecular flexibility index (Phi) is 5.08. The molecule has 0 spiro atoms. The van der Waals surface area contributed by atoms with Crippen LogP contribution < -0.4 is 15.6 Å². The number of carbonyl (C=O) groups is 1. The Labute approximate surface area is 211 Å². The van der Waals surface area contributed by atoms with Crippen LogP contribution in [-0.2, 0) is 10.2 Å². The quantitative estimate of drug-likeness (QED) is 0.513. The van der Waals surface area contributed by atoms with Crippen LogP contribution in [0, 0.1) is 5.41 Å². The second-order valence-corrected chi connectivity index (χ2v) is 11.4. The van der Waals surface area contributed by atoms with Gasteiger partial charge in [-0.3, -0.25) is 14.0 Å². The maximum Gasteiger partial charge on any atom is 0.274 e. The van der Waals surface area contributed by atoms with Crippen molar-refractivity contribution in [3.8, 4) is 5.88 Å². The summed E-state index contributed by atoms with van der Waals surface area (Å²) in [7, 11) is 0. The van der Waals surface area contributed by atoms with Crippen molar-refractivity contribution in [1.29, 1.82) is 0 Å². The number of halogens is 2. The Bertz CT molecular complexity index is 1480. The number of alkyl halides is 2. The molecule has 5 heterocycles. The van der Waals surface area contributed by atoms with E-state index in [1.807, 2.05) is 20.0 Å². The summed E-state index contributed by atoms with van der Waals surface area (Å²) < 4.78 is 41.5. The molecule has 2 aliphatic heterocycles. The average molecular weight is 514 g/mol. The summed E-state index contributed by atoms with van der Waals surface area (Å²) in [4.78, 5) is 35.6. The number of ether oxygens (including phenoxy) is 2. The van der Waals surface area contributed by atoms with Crippen LogP contribution in [0.5, 0.6) is 5.88 Å². The number of hydrogen-bond acceptors (Lipinski definition) is 6. The number of amides is 1. The topological polar surface area (TPSA) is 99.8 Å². The normalized spacial score (nSPS) is 30.1. The fourth-order valence-electron chi connectivity index (χ4n) is 5.83. The van der Waals surface area contributed by atoms with Crippen molar-refractivity contribution in [1.82, 2.24) is 18.9 Å². The summed E-state index contributed by atoms with van der Waals surface area (Å²) in [5.41, 5.74) is -1.05. The van der Waals surface area contributed by atoms with Crippen molar-refractivity contribution < 1.29 is 23.0 Å². The minimum atomic E-state index is -2.54. The lowest BCUT2D eigenvalue weighted by Gasteiger charge is -2.41. The standard InChI is InChI=1S/C26H29F2N5O4/c1-14(2)37-20-15(9-32-10-17(30-23(32)31-20)26-11-24(3,12-26)36-13-26)19(34)29-16-6-5-7-33(21(16)35)18-8-25(18,4)22(27)28/h5-7,9-10,14,18,22H,8,11-13H2,1-4H3,(H,29,34)/t18?,24?,25-,26?/m0/s1. The van der Waals surface area contributed by atoms with Gasteiger partial charge in [-0.05, 0) is 52.2 Å². The maximum absolute atomic E-state index is 13.4.